The van der Waals surface area contributed by atoms with Crippen LogP contribution in [0.4, 0.5) is 5.69 Å². The highest BCUT2D eigenvalue weighted by molar-refractivity contribution is 6.32. The highest BCUT2D eigenvalue weighted by Gasteiger charge is 2.14. The summed E-state index contributed by atoms with van der Waals surface area (Å²) in [6.07, 6.45) is 3.12. The molecule has 24 heavy (non-hydrogen) atoms. The Labute approximate surface area is 144 Å². The number of aromatic nitrogens is 2. The fraction of sp³-hybridized carbons (Fsp3) is 0.176. The largest absolute Gasteiger partial charge is 0.484 e. The van der Waals surface area contributed by atoms with Crippen LogP contribution >= 0.6 is 11.6 Å². The second kappa shape index (κ2) is 6.80. The van der Waals surface area contributed by atoms with Gasteiger partial charge in [0.2, 0.25) is 0 Å². The Bertz CT molecular complexity index is 856. The molecule has 0 atom stereocenters. The van der Waals surface area contributed by atoms with E-state index in [-0.39, 0.29) is 12.5 Å². The van der Waals surface area contributed by atoms with Gasteiger partial charge < -0.3 is 14.5 Å². The number of aryl methyl sites for hydroxylation is 1. The van der Waals surface area contributed by atoms with Crippen molar-refractivity contribution in [2.45, 2.75) is 13.5 Å². The topological polar surface area (TPSA) is 69.3 Å². The van der Waals surface area contributed by atoms with Gasteiger partial charge in [-0.25, -0.2) is 0 Å². The molecule has 0 saturated heterocycles. The first-order valence-electron chi connectivity index (χ1n) is 7.29. The summed E-state index contributed by atoms with van der Waals surface area (Å²) >= 11 is 6.21. The maximum atomic E-state index is 12.3. The normalized spacial score (nSPS) is 10.6. The number of rotatable bonds is 5. The lowest BCUT2D eigenvalue weighted by atomic mass is 10.2. The third-order valence-corrected chi connectivity index (χ3v) is 3.92. The van der Waals surface area contributed by atoms with Crippen molar-refractivity contribution in [3.63, 3.8) is 0 Å². The monoisotopic (exact) mass is 345 g/mol. The van der Waals surface area contributed by atoms with Crippen molar-refractivity contribution in [2.24, 2.45) is 7.05 Å². The number of carbonyl (C=O) groups excluding carboxylic acids is 1. The predicted octanol–water partition coefficient (Wildman–Crippen LogP) is 3.81. The number of halogens is 1. The van der Waals surface area contributed by atoms with E-state index >= 15 is 0 Å². The zero-order valence-corrected chi connectivity index (χ0v) is 14.0. The van der Waals surface area contributed by atoms with Gasteiger partial charge >= 0.3 is 0 Å². The smallest absolute Gasteiger partial charge is 0.259 e. The lowest BCUT2D eigenvalue weighted by Gasteiger charge is -2.09. The molecular weight excluding hydrogens is 330 g/mol. The van der Waals surface area contributed by atoms with E-state index in [4.69, 9.17) is 20.8 Å². The van der Waals surface area contributed by atoms with Crippen molar-refractivity contribution >= 4 is 23.2 Å². The second-order valence-corrected chi connectivity index (χ2v) is 5.64. The van der Waals surface area contributed by atoms with Gasteiger partial charge in [0.05, 0.1) is 23.0 Å². The third kappa shape index (κ3) is 3.44. The lowest BCUT2D eigenvalue weighted by molar-refractivity contribution is 0.102. The van der Waals surface area contributed by atoms with Crippen molar-refractivity contribution in [2.75, 3.05) is 5.32 Å². The maximum Gasteiger partial charge on any atom is 0.259 e. The number of anilines is 1. The molecule has 0 fully saturated rings. The van der Waals surface area contributed by atoms with E-state index < -0.39 is 0 Å². The van der Waals surface area contributed by atoms with Crippen molar-refractivity contribution < 1.29 is 13.9 Å². The van der Waals surface area contributed by atoms with Crippen molar-refractivity contribution in [1.82, 2.24) is 9.78 Å². The van der Waals surface area contributed by atoms with Gasteiger partial charge in [-0.15, -0.1) is 0 Å². The summed E-state index contributed by atoms with van der Waals surface area (Å²) in [5.41, 5.74) is 1.89. The average Bonchev–Trinajstić information content (AvgIpc) is 3.18. The summed E-state index contributed by atoms with van der Waals surface area (Å²) < 4.78 is 12.4. The summed E-state index contributed by atoms with van der Waals surface area (Å²) in [5, 5.41) is 7.26. The molecule has 0 unspecified atom stereocenters. The first-order chi connectivity index (χ1) is 11.5. The summed E-state index contributed by atoms with van der Waals surface area (Å²) in [7, 11) is 1.79. The van der Waals surface area contributed by atoms with E-state index in [1.807, 2.05) is 13.0 Å². The Morgan fingerprint density at radius 2 is 2.25 bits per heavy atom. The second-order valence-electron chi connectivity index (χ2n) is 5.23. The molecule has 2 heterocycles. The number of benzene rings is 1. The molecule has 6 nitrogen and oxygen atoms in total. The minimum absolute atomic E-state index is 0.235. The number of ether oxygens (including phenoxy) is 1. The fourth-order valence-corrected chi connectivity index (χ4v) is 2.39. The number of furan rings is 1. The fourth-order valence-electron chi connectivity index (χ4n) is 2.16. The van der Waals surface area contributed by atoms with Gasteiger partial charge in [-0.1, -0.05) is 11.6 Å². The molecule has 1 amide bonds. The Kier molecular flexibility index (Phi) is 4.57. The number of nitrogens with zero attached hydrogens (tertiary/aromatic N) is 2. The van der Waals surface area contributed by atoms with Gasteiger partial charge in [-0.3, -0.25) is 9.48 Å². The van der Waals surface area contributed by atoms with Gasteiger partial charge in [-0.05, 0) is 37.3 Å². The molecule has 1 N–H and O–H groups in total. The van der Waals surface area contributed by atoms with Crippen LogP contribution < -0.4 is 10.1 Å². The minimum atomic E-state index is -0.235. The van der Waals surface area contributed by atoms with Crippen molar-refractivity contribution in [3.05, 3.63) is 64.8 Å². The molecule has 0 aliphatic heterocycles. The van der Waals surface area contributed by atoms with E-state index in [0.717, 1.165) is 5.69 Å². The standard InChI is InChI=1S/C17H16ClN3O3/c1-11-14(9-19-21(11)2)17(22)20-12-5-6-16(15(18)8-12)24-10-13-4-3-7-23-13/h3-9H,10H2,1-2H3,(H,20,22). The van der Waals surface area contributed by atoms with Crippen LogP contribution in [0.2, 0.25) is 5.02 Å². The van der Waals surface area contributed by atoms with Gasteiger partial charge in [0.25, 0.3) is 5.91 Å². The summed E-state index contributed by atoms with van der Waals surface area (Å²) in [4.78, 5) is 12.3. The number of hydrogen-bond donors (Lipinski definition) is 1. The van der Waals surface area contributed by atoms with Crippen molar-refractivity contribution in [1.29, 1.82) is 0 Å². The molecule has 0 aliphatic rings. The van der Waals surface area contributed by atoms with Crippen LogP contribution in [-0.4, -0.2) is 15.7 Å². The SMILES string of the molecule is Cc1c(C(=O)Nc2ccc(OCc3ccco3)c(Cl)c2)cnn1C. The van der Waals surface area contributed by atoms with Gasteiger partial charge in [-0.2, -0.15) is 5.10 Å². The average molecular weight is 346 g/mol. The lowest BCUT2D eigenvalue weighted by Crippen LogP contribution is -2.13. The third-order valence-electron chi connectivity index (χ3n) is 3.62. The van der Waals surface area contributed by atoms with E-state index in [9.17, 15) is 4.79 Å². The molecule has 2 aromatic heterocycles. The molecule has 0 saturated carbocycles. The molecule has 0 spiro atoms. The maximum absolute atomic E-state index is 12.3. The Morgan fingerprint density at radius 1 is 1.42 bits per heavy atom. The molecule has 0 bridgehead atoms. The number of amides is 1. The van der Waals surface area contributed by atoms with Gasteiger partial charge in [0.1, 0.15) is 18.1 Å². The molecule has 124 valence electrons. The van der Waals surface area contributed by atoms with Crippen LogP contribution in [0.15, 0.2) is 47.2 Å². The Morgan fingerprint density at radius 3 is 2.88 bits per heavy atom. The Hall–Kier alpha value is -2.73. The van der Waals surface area contributed by atoms with E-state index in [0.29, 0.717) is 27.8 Å². The summed E-state index contributed by atoms with van der Waals surface area (Å²) in [6.45, 7) is 2.12. The minimum Gasteiger partial charge on any atom is -0.484 e. The van der Waals surface area contributed by atoms with Crippen LogP contribution in [0.5, 0.6) is 5.75 Å². The highest BCUT2D eigenvalue weighted by atomic mass is 35.5. The number of hydrogen-bond acceptors (Lipinski definition) is 4. The molecular formula is C17H16ClN3O3. The van der Waals surface area contributed by atoms with Crippen LogP contribution in [-0.2, 0) is 13.7 Å². The molecule has 7 heteroatoms. The summed E-state index contributed by atoms with van der Waals surface area (Å²) in [5.74, 6) is 0.986. The Balaban J connectivity index is 1.68. The van der Waals surface area contributed by atoms with Gasteiger partial charge in [0, 0.05) is 18.4 Å². The molecule has 3 rings (SSSR count). The number of nitrogens with one attached hydrogen (secondary N) is 1. The van der Waals surface area contributed by atoms with E-state index in [2.05, 4.69) is 10.4 Å². The summed E-state index contributed by atoms with van der Waals surface area (Å²) in [6, 6.07) is 8.69. The predicted molar refractivity (Wildman–Crippen MR) is 90.4 cm³/mol. The molecule has 1 aromatic carbocycles. The first kappa shape index (κ1) is 16.1. The molecule has 0 radical (unpaired) electrons. The highest BCUT2D eigenvalue weighted by Crippen LogP contribution is 2.28. The van der Waals surface area contributed by atoms with Crippen LogP contribution in [0.3, 0.4) is 0 Å². The van der Waals surface area contributed by atoms with Crippen LogP contribution in [0, 0.1) is 6.92 Å². The number of carbonyl (C=O) groups is 1. The zero-order valence-electron chi connectivity index (χ0n) is 13.2. The van der Waals surface area contributed by atoms with Crippen LogP contribution in [0.25, 0.3) is 0 Å². The van der Waals surface area contributed by atoms with Crippen molar-refractivity contribution in [3.8, 4) is 5.75 Å². The van der Waals surface area contributed by atoms with Gasteiger partial charge in [0.15, 0.2) is 0 Å². The molecule has 0 aliphatic carbocycles. The molecule has 3 aromatic rings. The first-order valence-corrected chi connectivity index (χ1v) is 7.67. The van der Waals surface area contributed by atoms with E-state index in [1.165, 1.54) is 6.20 Å². The quantitative estimate of drug-likeness (QED) is 0.763. The van der Waals surface area contributed by atoms with E-state index in [1.54, 1.807) is 42.3 Å². The van der Waals surface area contributed by atoms with Crippen LogP contribution in [0.1, 0.15) is 21.8 Å². The zero-order chi connectivity index (χ0) is 17.1.